The number of rotatable bonds is 5. The highest BCUT2D eigenvalue weighted by Gasteiger charge is 2.78. The number of hydrogen-bond donors (Lipinski definition) is 0. The van der Waals surface area contributed by atoms with Crippen molar-refractivity contribution in [2.75, 3.05) is 7.05 Å². The summed E-state index contributed by atoms with van der Waals surface area (Å²) in [4.78, 5) is 27.9. The standard InChI is InChI=1S/C23H39NO5Si2/c1-13-15-14-22(28-30(9,10)20(2,3)4)16-17(19(26)24(8)18(16)25)23(15,27-22)29-31(11,12)21(5,6)7/h13-14,16-17H,1H2,2-12H3. The van der Waals surface area contributed by atoms with E-state index in [9.17, 15) is 9.59 Å². The number of carbonyl (C=O) groups excluding carboxylic acids is 2. The summed E-state index contributed by atoms with van der Waals surface area (Å²) < 4.78 is 20.3. The van der Waals surface area contributed by atoms with Crippen molar-refractivity contribution in [3.63, 3.8) is 0 Å². The molecule has 3 rings (SSSR count). The molecule has 3 aliphatic heterocycles. The molecule has 174 valence electrons. The average Bonchev–Trinajstić information content (AvgIpc) is 3.11. The zero-order chi connectivity index (χ0) is 24.0. The van der Waals surface area contributed by atoms with Crippen molar-refractivity contribution in [1.82, 2.24) is 4.90 Å². The number of nitrogens with zero attached hydrogens (tertiary/aromatic N) is 1. The van der Waals surface area contributed by atoms with Gasteiger partial charge in [-0.15, -0.1) is 0 Å². The summed E-state index contributed by atoms with van der Waals surface area (Å²) in [7, 11) is -3.23. The predicted molar refractivity (Wildman–Crippen MR) is 126 cm³/mol. The molecule has 4 atom stereocenters. The molecule has 0 saturated carbocycles. The molecule has 2 saturated heterocycles. The second-order valence-corrected chi connectivity index (χ2v) is 21.7. The van der Waals surface area contributed by atoms with Crippen LogP contribution in [-0.4, -0.2) is 52.0 Å². The fourth-order valence-corrected chi connectivity index (χ4v) is 6.86. The van der Waals surface area contributed by atoms with Crippen LogP contribution in [0.2, 0.25) is 36.3 Å². The van der Waals surface area contributed by atoms with Crippen LogP contribution in [0.3, 0.4) is 0 Å². The van der Waals surface area contributed by atoms with Gasteiger partial charge in [-0.3, -0.25) is 14.5 Å². The third kappa shape index (κ3) is 3.29. The highest BCUT2D eigenvalue weighted by atomic mass is 28.4. The number of carbonyl (C=O) groups is 2. The lowest BCUT2D eigenvalue weighted by Gasteiger charge is -2.44. The first-order valence-corrected chi connectivity index (χ1v) is 16.9. The lowest BCUT2D eigenvalue weighted by atomic mass is 9.77. The molecule has 3 heterocycles. The van der Waals surface area contributed by atoms with Gasteiger partial charge in [0, 0.05) is 12.6 Å². The zero-order valence-electron chi connectivity index (χ0n) is 21.0. The van der Waals surface area contributed by atoms with E-state index in [-0.39, 0.29) is 21.9 Å². The summed E-state index contributed by atoms with van der Waals surface area (Å²) in [5.74, 6) is -4.75. The largest absolute Gasteiger partial charge is 0.386 e. The average molecular weight is 466 g/mol. The molecular weight excluding hydrogens is 426 g/mol. The number of likely N-dealkylation sites (tertiary alicyclic amines) is 1. The molecule has 0 aliphatic carbocycles. The molecule has 31 heavy (non-hydrogen) atoms. The molecule has 6 nitrogen and oxygen atoms in total. The van der Waals surface area contributed by atoms with Crippen molar-refractivity contribution in [3.05, 3.63) is 24.3 Å². The van der Waals surface area contributed by atoms with Crippen molar-refractivity contribution >= 4 is 28.4 Å². The van der Waals surface area contributed by atoms with Crippen molar-refractivity contribution < 1.29 is 23.2 Å². The van der Waals surface area contributed by atoms with Crippen molar-refractivity contribution in [2.24, 2.45) is 11.8 Å². The normalized spacial score (nSPS) is 33.8. The molecule has 2 bridgehead atoms. The summed E-state index contributed by atoms with van der Waals surface area (Å²) in [6.45, 7) is 25.3. The summed E-state index contributed by atoms with van der Waals surface area (Å²) in [6, 6.07) is 0. The van der Waals surface area contributed by atoms with Crippen molar-refractivity contribution in [3.8, 4) is 0 Å². The Balaban J connectivity index is 2.21. The molecule has 8 heteroatoms. The fraction of sp³-hybridized carbons (Fsp3) is 0.739. The van der Waals surface area contributed by atoms with Crippen LogP contribution in [-0.2, 0) is 23.2 Å². The summed E-state index contributed by atoms with van der Waals surface area (Å²) in [5.41, 5.74) is 0.689. The number of ether oxygens (including phenoxy) is 1. The molecule has 0 radical (unpaired) electrons. The van der Waals surface area contributed by atoms with E-state index in [4.69, 9.17) is 13.6 Å². The Bertz CT molecular complexity index is 866. The van der Waals surface area contributed by atoms with E-state index in [1.54, 1.807) is 6.08 Å². The third-order valence-corrected chi connectivity index (χ3v) is 17.0. The van der Waals surface area contributed by atoms with Gasteiger partial charge in [-0.25, -0.2) is 0 Å². The van der Waals surface area contributed by atoms with Crippen molar-refractivity contribution in [1.29, 1.82) is 0 Å². The Morgan fingerprint density at radius 2 is 1.42 bits per heavy atom. The van der Waals surface area contributed by atoms with Crippen LogP contribution < -0.4 is 0 Å². The minimum absolute atomic E-state index is 0.103. The van der Waals surface area contributed by atoms with E-state index in [2.05, 4.69) is 74.3 Å². The molecule has 0 N–H and O–H groups in total. The van der Waals surface area contributed by atoms with Gasteiger partial charge in [0.2, 0.25) is 17.6 Å². The van der Waals surface area contributed by atoms with Gasteiger partial charge < -0.3 is 13.6 Å². The Hall–Kier alpha value is -1.07. The third-order valence-electron chi connectivity index (χ3n) is 8.09. The highest BCUT2D eigenvalue weighted by Crippen LogP contribution is 2.64. The number of amides is 2. The van der Waals surface area contributed by atoms with Gasteiger partial charge >= 0.3 is 0 Å². The fourth-order valence-electron chi connectivity index (χ4n) is 4.18. The number of fused-ring (bicyclic) bond motifs is 5. The van der Waals surface area contributed by atoms with Gasteiger partial charge in [0.1, 0.15) is 11.8 Å². The minimum Gasteiger partial charge on any atom is -0.386 e. The molecule has 2 amide bonds. The lowest BCUT2D eigenvalue weighted by molar-refractivity contribution is -0.232. The maximum atomic E-state index is 13.3. The smallest absolute Gasteiger partial charge is 0.238 e. The zero-order valence-corrected chi connectivity index (χ0v) is 23.0. The van der Waals surface area contributed by atoms with Crippen molar-refractivity contribution in [2.45, 2.75) is 89.4 Å². The molecule has 2 fully saturated rings. The van der Waals surface area contributed by atoms with E-state index < -0.39 is 40.0 Å². The van der Waals surface area contributed by atoms with Gasteiger partial charge in [0.05, 0.1) is 0 Å². The summed E-state index contributed by atoms with van der Waals surface area (Å²) >= 11 is 0. The number of imide groups is 1. The molecule has 3 aliphatic rings. The SMILES string of the molecule is C=CC1=CC2(O[Si](C)(C)C(C)(C)C)OC1(O[Si](C)(C)C(C)(C)C)C1C(=O)N(C)C(=O)C12. The van der Waals surface area contributed by atoms with E-state index in [0.717, 1.165) is 0 Å². The van der Waals surface area contributed by atoms with Gasteiger partial charge in [0.15, 0.2) is 22.4 Å². The summed E-state index contributed by atoms with van der Waals surface area (Å²) in [5, 5.41) is -0.215. The number of hydrogen-bond acceptors (Lipinski definition) is 5. The molecular formula is C23H39NO5Si2. The van der Waals surface area contributed by atoms with Crippen LogP contribution in [0.1, 0.15) is 41.5 Å². The maximum Gasteiger partial charge on any atom is 0.238 e. The summed E-state index contributed by atoms with van der Waals surface area (Å²) in [6.07, 6.45) is 3.55. The van der Waals surface area contributed by atoms with Crippen LogP contribution in [0.25, 0.3) is 0 Å². The van der Waals surface area contributed by atoms with E-state index in [0.29, 0.717) is 5.57 Å². The van der Waals surface area contributed by atoms with Gasteiger partial charge in [-0.2, -0.15) is 0 Å². The highest BCUT2D eigenvalue weighted by molar-refractivity contribution is 6.74. The van der Waals surface area contributed by atoms with Crippen LogP contribution in [0.15, 0.2) is 24.3 Å². The Kier molecular flexibility index (Phi) is 5.33. The molecule has 0 aromatic carbocycles. The molecule has 0 aromatic heterocycles. The van der Waals surface area contributed by atoms with Gasteiger partial charge in [-0.1, -0.05) is 54.2 Å². The van der Waals surface area contributed by atoms with E-state index >= 15 is 0 Å². The molecule has 4 unspecified atom stereocenters. The van der Waals surface area contributed by atoms with Crippen LogP contribution >= 0.6 is 0 Å². The van der Waals surface area contributed by atoms with E-state index in [1.165, 1.54) is 11.9 Å². The lowest BCUT2D eigenvalue weighted by Crippen LogP contribution is -2.54. The predicted octanol–water partition coefficient (Wildman–Crippen LogP) is 4.81. The quantitative estimate of drug-likeness (QED) is 0.431. The Morgan fingerprint density at radius 1 is 0.968 bits per heavy atom. The van der Waals surface area contributed by atoms with Crippen LogP contribution in [0, 0.1) is 11.8 Å². The van der Waals surface area contributed by atoms with Crippen LogP contribution in [0.4, 0.5) is 0 Å². The topological polar surface area (TPSA) is 65.1 Å². The first-order valence-electron chi connectivity index (χ1n) is 11.0. The Morgan fingerprint density at radius 3 is 1.87 bits per heavy atom. The Labute approximate surface area is 189 Å². The molecule has 0 aromatic rings. The second-order valence-electron chi connectivity index (χ2n) is 12.2. The molecule has 0 spiro atoms. The van der Waals surface area contributed by atoms with Crippen LogP contribution in [0.5, 0.6) is 0 Å². The minimum atomic E-state index is -2.40. The first kappa shape index (κ1) is 24.6. The first-order chi connectivity index (χ1) is 13.8. The van der Waals surface area contributed by atoms with E-state index in [1.807, 2.05) is 6.08 Å². The second kappa shape index (κ2) is 6.73. The monoisotopic (exact) mass is 465 g/mol. The van der Waals surface area contributed by atoms with Gasteiger partial charge in [0.25, 0.3) is 0 Å². The van der Waals surface area contributed by atoms with Gasteiger partial charge in [-0.05, 0) is 42.3 Å². The maximum absolute atomic E-state index is 13.3.